The van der Waals surface area contributed by atoms with E-state index in [0.717, 1.165) is 14.7 Å². The Balaban J connectivity index is 3.13. The van der Waals surface area contributed by atoms with Crippen LogP contribution in [0.1, 0.15) is 149 Å². The predicted molar refractivity (Wildman–Crippen MR) is 347 cm³/mol. The molecule has 524 valence electrons. The number of alkyl carbamates (subject to hydrolysis) is 1. The molecular formula is C65H114N12O15. The molecular weight excluding hydrogens is 1190 g/mol. The Kier molecular flexibility index (Phi) is 32.7. The number of nitrogens with zero attached hydrogens (tertiary/aromatic N) is 8. The Labute approximate surface area is 547 Å². The summed E-state index contributed by atoms with van der Waals surface area (Å²) in [5, 5.41) is 22.9. The molecule has 2 rings (SSSR count). The van der Waals surface area contributed by atoms with Gasteiger partial charge in [0.15, 0.2) is 0 Å². The van der Waals surface area contributed by atoms with Gasteiger partial charge in [-0.05, 0) is 109 Å². The molecule has 12 amide bonds. The molecule has 2 aliphatic heterocycles. The van der Waals surface area contributed by atoms with Crippen LogP contribution < -0.4 is 21.3 Å². The molecule has 5 N–H and O–H groups in total. The van der Waals surface area contributed by atoms with Crippen molar-refractivity contribution in [2.45, 2.75) is 227 Å². The van der Waals surface area contributed by atoms with Crippen molar-refractivity contribution in [1.29, 1.82) is 0 Å². The van der Waals surface area contributed by atoms with Crippen molar-refractivity contribution in [2.24, 2.45) is 29.6 Å². The van der Waals surface area contributed by atoms with Gasteiger partial charge in [0.1, 0.15) is 60.4 Å². The van der Waals surface area contributed by atoms with Crippen LogP contribution in [0.15, 0.2) is 12.2 Å². The number of likely N-dealkylation sites (N-methyl/N-ethyl adjacent to an activating group) is 7. The summed E-state index contributed by atoms with van der Waals surface area (Å²) in [5.41, 5.74) is 0. The van der Waals surface area contributed by atoms with Gasteiger partial charge in [-0.3, -0.25) is 52.7 Å². The summed E-state index contributed by atoms with van der Waals surface area (Å²) in [4.78, 5) is 186. The highest BCUT2D eigenvalue weighted by Crippen LogP contribution is 2.28. The topological polar surface area (TPSA) is 318 Å². The number of nitrogens with one attached hydrogen (secondary N) is 4. The molecule has 2 saturated heterocycles. The highest BCUT2D eigenvalue weighted by Gasteiger charge is 2.48. The van der Waals surface area contributed by atoms with Crippen LogP contribution in [0.4, 0.5) is 4.79 Å². The molecule has 92 heavy (non-hydrogen) atoms. The number of amides is 12. The average Bonchev–Trinajstić information content (AvgIpc) is 0.823. The molecule has 0 aromatic rings. The number of allylic oxidation sites excluding steroid dienone is 2. The highest BCUT2D eigenvalue weighted by atomic mass is 16.5. The van der Waals surface area contributed by atoms with Gasteiger partial charge in [-0.25, -0.2) is 4.79 Å². The summed E-state index contributed by atoms with van der Waals surface area (Å²) < 4.78 is 11.3. The normalized spacial score (nSPS) is 27.3. The Hall–Kier alpha value is -6.90. The summed E-state index contributed by atoms with van der Waals surface area (Å²) in [6.45, 7) is 24.8. The van der Waals surface area contributed by atoms with E-state index in [4.69, 9.17) is 9.47 Å². The van der Waals surface area contributed by atoms with E-state index >= 15 is 14.4 Å². The Morgan fingerprint density at radius 3 is 1.68 bits per heavy atom. The lowest BCUT2D eigenvalue weighted by atomic mass is 9.91. The van der Waals surface area contributed by atoms with Crippen LogP contribution in [0, 0.1) is 29.6 Å². The second-order valence-corrected chi connectivity index (χ2v) is 26.7. The number of fused-ring (bicyclic) bond motifs is 3. The standard InChI is InChI=1S/C65H114N12O15/c1-24-26-29-40(11)54(79)53-57(82)68-45(25-2)60(85)70(17)35-49(78)74(21)52(44(15)91-30-27-28-31-92-65(90)66-16)56(81)69-50(38(7)8)63(88)71(18)46(32-36(3)4)55(80)67-42(13)58(83)77-41(12)34-48(62(87)75(22)51(39(9)10)64(89)76(53)23)73(20)61(86)47(33-37(5)6)72(19)59(84)43(77)14/h24,26,36-48,50-54,79H,25,27-35H2,1-23H3,(H,66,90)(H,67,80)(H,68,82)(H,69,81)/b26-24+/t40-,41?,42+,43-,44-,45+,46+,47+,48+,50+,51+,52+,53-,54-/m1/s1. The second-order valence-electron chi connectivity index (χ2n) is 26.7. The zero-order valence-electron chi connectivity index (χ0n) is 59.4. The van der Waals surface area contributed by atoms with Crippen molar-refractivity contribution < 1.29 is 72.1 Å². The molecule has 0 saturated carbocycles. The number of aliphatic hydroxyl groups is 1. The Morgan fingerprint density at radius 1 is 0.609 bits per heavy atom. The SMILES string of the molecule is C/C=C/C[C@@H](C)[C@@H](O)[C@@H]1C(=O)N[C@@H](CC)C(=O)N(C)CC(=O)N(C)[C@@H]([C@@H](C)OCCCCOC(=O)NC)C(=O)N[C@@H](C(C)C)C(=O)N(C)[C@@H](CC(C)C)C(=O)N[C@@H](C)C(=O)N2C(C)C[C@@H](C(=O)N(C)[C@@H](C(C)C)C(=O)N1C)N(C)C(=O)[C@H](CC(C)C)N(C)C(=O)[C@H]2C. The largest absolute Gasteiger partial charge is 0.450 e. The zero-order chi connectivity index (χ0) is 70.7. The van der Waals surface area contributed by atoms with Gasteiger partial charge in [-0.2, -0.15) is 0 Å². The van der Waals surface area contributed by atoms with Gasteiger partial charge in [-0.1, -0.05) is 81.4 Å². The maximum atomic E-state index is 15.6. The van der Waals surface area contributed by atoms with E-state index < -0.39 is 174 Å². The minimum Gasteiger partial charge on any atom is -0.450 e. The molecule has 0 aromatic heterocycles. The lowest BCUT2D eigenvalue weighted by Crippen LogP contribution is -2.65. The average molecular weight is 1300 g/mol. The molecule has 2 aliphatic rings. The number of hydrogen-bond donors (Lipinski definition) is 5. The fourth-order valence-electron chi connectivity index (χ4n) is 12.0. The van der Waals surface area contributed by atoms with Crippen molar-refractivity contribution in [3.63, 3.8) is 0 Å². The lowest BCUT2D eigenvalue weighted by Gasteiger charge is -2.45. The van der Waals surface area contributed by atoms with Crippen LogP contribution in [-0.2, 0) is 62.2 Å². The van der Waals surface area contributed by atoms with Crippen LogP contribution in [-0.4, -0.2) is 270 Å². The number of unbranched alkanes of at least 4 members (excludes halogenated alkanes) is 1. The molecule has 0 radical (unpaired) electrons. The third-order valence-corrected chi connectivity index (χ3v) is 17.7. The van der Waals surface area contributed by atoms with E-state index in [1.54, 1.807) is 74.5 Å². The van der Waals surface area contributed by atoms with Gasteiger partial charge >= 0.3 is 6.09 Å². The third-order valence-electron chi connectivity index (χ3n) is 17.7. The quantitative estimate of drug-likeness (QED) is 0.0971. The van der Waals surface area contributed by atoms with Gasteiger partial charge in [0.25, 0.3) is 0 Å². The van der Waals surface area contributed by atoms with Gasteiger partial charge in [-0.15, -0.1) is 0 Å². The predicted octanol–water partition coefficient (Wildman–Crippen LogP) is 2.22. The lowest BCUT2D eigenvalue weighted by molar-refractivity contribution is -0.161. The second kappa shape index (κ2) is 37.1. The summed E-state index contributed by atoms with van der Waals surface area (Å²) in [5.74, 6) is -10.4. The monoisotopic (exact) mass is 1300 g/mol. The maximum absolute atomic E-state index is 15.6. The summed E-state index contributed by atoms with van der Waals surface area (Å²) in [6, 6.07) is -14.6. The Morgan fingerprint density at radius 2 is 1.15 bits per heavy atom. The maximum Gasteiger partial charge on any atom is 0.406 e. The number of carbonyl (C=O) groups is 12. The van der Waals surface area contributed by atoms with Crippen molar-refractivity contribution >= 4 is 71.1 Å². The summed E-state index contributed by atoms with van der Waals surface area (Å²) in [6.07, 6.45) is 1.27. The fourth-order valence-corrected chi connectivity index (χ4v) is 12.0. The first-order chi connectivity index (χ1) is 42.8. The van der Waals surface area contributed by atoms with E-state index in [9.17, 15) is 48.3 Å². The fraction of sp³-hybridized carbons (Fsp3) is 0.785. The van der Waals surface area contributed by atoms with Crippen LogP contribution in [0.2, 0.25) is 0 Å². The van der Waals surface area contributed by atoms with Crippen LogP contribution in [0.3, 0.4) is 0 Å². The first-order valence-electron chi connectivity index (χ1n) is 32.6. The van der Waals surface area contributed by atoms with Gasteiger partial charge in [0.05, 0.1) is 25.4 Å². The smallest absolute Gasteiger partial charge is 0.406 e. The minimum absolute atomic E-state index is 0.0308. The van der Waals surface area contributed by atoms with Crippen LogP contribution >= 0.6 is 0 Å². The summed E-state index contributed by atoms with van der Waals surface area (Å²) >= 11 is 0. The molecule has 27 nitrogen and oxygen atoms in total. The number of aliphatic hydroxyl groups excluding tert-OH is 1. The molecule has 0 aromatic carbocycles. The summed E-state index contributed by atoms with van der Waals surface area (Å²) in [7, 11) is 11.1. The van der Waals surface area contributed by atoms with Crippen molar-refractivity contribution in [2.75, 3.05) is 76.1 Å². The van der Waals surface area contributed by atoms with Crippen molar-refractivity contribution in [3.05, 3.63) is 12.2 Å². The molecule has 27 heteroatoms. The minimum atomic E-state index is -1.68. The van der Waals surface area contributed by atoms with E-state index in [2.05, 4.69) is 21.3 Å². The van der Waals surface area contributed by atoms with Crippen molar-refractivity contribution in [3.8, 4) is 0 Å². The zero-order valence-corrected chi connectivity index (χ0v) is 59.4. The molecule has 1 unspecified atom stereocenters. The van der Waals surface area contributed by atoms with Gasteiger partial charge in [0.2, 0.25) is 65.0 Å². The number of hydrogen-bond acceptors (Lipinski definition) is 15. The first-order valence-corrected chi connectivity index (χ1v) is 32.6. The first kappa shape index (κ1) is 81.2. The van der Waals surface area contributed by atoms with Gasteiger partial charge in [0, 0.05) is 69.0 Å². The van der Waals surface area contributed by atoms with Crippen molar-refractivity contribution in [1.82, 2.24) is 60.5 Å². The third kappa shape index (κ3) is 21.3. The van der Waals surface area contributed by atoms with E-state index in [1.807, 2.05) is 27.7 Å². The molecule has 0 spiro atoms. The van der Waals surface area contributed by atoms with Crippen LogP contribution in [0.5, 0.6) is 0 Å². The molecule has 2 fully saturated rings. The van der Waals surface area contributed by atoms with E-state index in [-0.39, 0.29) is 57.2 Å². The number of carbonyl (C=O) groups excluding carboxylic acids is 12. The molecule has 0 aliphatic carbocycles. The Bertz CT molecular complexity index is 2580. The molecule has 2 bridgehead atoms. The van der Waals surface area contributed by atoms with Crippen LogP contribution in [0.25, 0.3) is 0 Å². The van der Waals surface area contributed by atoms with Gasteiger partial charge < -0.3 is 75.0 Å². The molecule has 2 heterocycles. The number of ether oxygens (including phenoxy) is 2. The molecule has 14 atom stereocenters. The van der Waals surface area contributed by atoms with E-state index in [0.29, 0.717) is 12.8 Å². The number of rotatable bonds is 18. The highest BCUT2D eigenvalue weighted by molar-refractivity contribution is 6.00. The van der Waals surface area contributed by atoms with E-state index in [1.165, 1.54) is 94.7 Å².